The Morgan fingerprint density at radius 3 is 2.00 bits per heavy atom. The molecule has 20 heavy (non-hydrogen) atoms. The Balaban J connectivity index is 2.47. The third-order valence-electron chi connectivity index (χ3n) is 4.66. The average Bonchev–Trinajstić information content (AvgIpc) is 2.76. The molecule has 3 rings (SSSR count). The highest BCUT2D eigenvalue weighted by Crippen LogP contribution is 2.45. The first-order valence-electron chi connectivity index (χ1n) is 6.81. The van der Waals surface area contributed by atoms with E-state index < -0.39 is 0 Å². The molecule has 0 saturated carbocycles. The van der Waals surface area contributed by atoms with Gasteiger partial charge in [0.2, 0.25) is 0 Å². The SMILES string of the molecule is COc1cccc2c1C(=O)c1c(C)c(C)c(C)c(C)c1-2. The van der Waals surface area contributed by atoms with E-state index in [9.17, 15) is 4.79 Å². The van der Waals surface area contributed by atoms with Crippen LogP contribution in [0.2, 0.25) is 0 Å². The zero-order valence-corrected chi connectivity index (χ0v) is 12.5. The predicted octanol–water partition coefficient (Wildman–Crippen LogP) is 4.14. The number of methoxy groups -OCH3 is 1. The number of fused-ring (bicyclic) bond motifs is 3. The number of hydrogen-bond acceptors (Lipinski definition) is 2. The van der Waals surface area contributed by atoms with Gasteiger partial charge in [-0.25, -0.2) is 0 Å². The van der Waals surface area contributed by atoms with E-state index in [1.54, 1.807) is 7.11 Å². The first-order valence-corrected chi connectivity index (χ1v) is 6.81. The molecule has 0 atom stereocenters. The average molecular weight is 266 g/mol. The van der Waals surface area contributed by atoms with Crippen LogP contribution in [0.3, 0.4) is 0 Å². The molecule has 0 amide bonds. The highest BCUT2D eigenvalue weighted by molar-refractivity contribution is 6.24. The molecule has 0 unspecified atom stereocenters. The van der Waals surface area contributed by atoms with Gasteiger partial charge in [0.25, 0.3) is 0 Å². The summed E-state index contributed by atoms with van der Waals surface area (Å²) in [5.41, 5.74) is 8.42. The van der Waals surface area contributed by atoms with Crippen LogP contribution < -0.4 is 4.74 Å². The molecule has 0 heterocycles. The zero-order valence-electron chi connectivity index (χ0n) is 12.5. The molecule has 1 aliphatic rings. The van der Waals surface area contributed by atoms with E-state index in [0.717, 1.165) is 22.3 Å². The van der Waals surface area contributed by atoms with E-state index >= 15 is 0 Å². The van der Waals surface area contributed by atoms with Crippen LogP contribution in [0.15, 0.2) is 18.2 Å². The summed E-state index contributed by atoms with van der Waals surface area (Å²) in [6.07, 6.45) is 0. The smallest absolute Gasteiger partial charge is 0.198 e. The van der Waals surface area contributed by atoms with Gasteiger partial charge >= 0.3 is 0 Å². The fourth-order valence-corrected chi connectivity index (χ4v) is 3.20. The number of carbonyl (C=O) groups is 1. The van der Waals surface area contributed by atoms with Crippen molar-refractivity contribution in [3.8, 4) is 16.9 Å². The standard InChI is InChI=1S/C18H18O2/c1-9-10(2)12(4)16-15(11(9)3)13-7-6-8-14(20-5)17(13)18(16)19/h6-8H,1-5H3. The molecular weight excluding hydrogens is 248 g/mol. The van der Waals surface area contributed by atoms with Crippen LogP contribution in [-0.4, -0.2) is 12.9 Å². The Labute approximate surface area is 119 Å². The lowest BCUT2D eigenvalue weighted by atomic mass is 9.89. The second-order valence-electron chi connectivity index (χ2n) is 5.46. The topological polar surface area (TPSA) is 26.3 Å². The Morgan fingerprint density at radius 1 is 0.800 bits per heavy atom. The van der Waals surface area contributed by atoms with E-state index in [-0.39, 0.29) is 5.78 Å². The maximum Gasteiger partial charge on any atom is 0.198 e. The lowest BCUT2D eigenvalue weighted by Gasteiger charge is -2.15. The third kappa shape index (κ3) is 1.42. The summed E-state index contributed by atoms with van der Waals surface area (Å²) in [7, 11) is 1.61. The van der Waals surface area contributed by atoms with Gasteiger partial charge in [0.05, 0.1) is 12.7 Å². The second kappa shape index (κ2) is 4.20. The molecular formula is C18H18O2. The summed E-state index contributed by atoms with van der Waals surface area (Å²) in [6.45, 7) is 8.35. The minimum atomic E-state index is 0.0937. The molecule has 0 spiro atoms. The minimum absolute atomic E-state index is 0.0937. The van der Waals surface area contributed by atoms with Crippen LogP contribution in [0.5, 0.6) is 5.75 Å². The Hall–Kier alpha value is -2.09. The molecule has 2 aromatic carbocycles. The quantitative estimate of drug-likeness (QED) is 0.661. The summed E-state index contributed by atoms with van der Waals surface area (Å²) >= 11 is 0. The molecule has 0 aromatic heterocycles. The summed E-state index contributed by atoms with van der Waals surface area (Å²) in [5.74, 6) is 0.758. The largest absolute Gasteiger partial charge is 0.496 e. The first-order chi connectivity index (χ1) is 9.49. The number of hydrogen-bond donors (Lipinski definition) is 0. The molecule has 2 nitrogen and oxygen atoms in total. The van der Waals surface area contributed by atoms with Crippen LogP contribution in [0.1, 0.15) is 38.2 Å². The van der Waals surface area contributed by atoms with Crippen LogP contribution in [0.25, 0.3) is 11.1 Å². The first kappa shape index (κ1) is 12.9. The molecule has 0 saturated heterocycles. The lowest BCUT2D eigenvalue weighted by Crippen LogP contribution is -2.04. The van der Waals surface area contributed by atoms with E-state index in [1.807, 2.05) is 25.1 Å². The predicted molar refractivity (Wildman–Crippen MR) is 80.8 cm³/mol. The Kier molecular flexibility index (Phi) is 2.72. The van der Waals surface area contributed by atoms with Crippen molar-refractivity contribution in [2.24, 2.45) is 0 Å². The van der Waals surface area contributed by atoms with Crippen molar-refractivity contribution in [1.29, 1.82) is 0 Å². The summed E-state index contributed by atoms with van der Waals surface area (Å²) < 4.78 is 5.38. The summed E-state index contributed by atoms with van der Waals surface area (Å²) in [6, 6.07) is 5.82. The van der Waals surface area contributed by atoms with Gasteiger partial charge in [-0.2, -0.15) is 0 Å². The van der Waals surface area contributed by atoms with E-state index in [2.05, 4.69) is 20.8 Å². The molecule has 2 aromatic rings. The highest BCUT2D eigenvalue weighted by Gasteiger charge is 2.33. The van der Waals surface area contributed by atoms with Crippen LogP contribution >= 0.6 is 0 Å². The minimum Gasteiger partial charge on any atom is -0.496 e. The van der Waals surface area contributed by atoms with Crippen molar-refractivity contribution in [3.63, 3.8) is 0 Å². The maximum absolute atomic E-state index is 12.8. The number of carbonyl (C=O) groups excluding carboxylic acids is 1. The van der Waals surface area contributed by atoms with Gasteiger partial charge in [0, 0.05) is 5.56 Å². The van der Waals surface area contributed by atoms with Gasteiger partial charge in [-0.1, -0.05) is 12.1 Å². The monoisotopic (exact) mass is 266 g/mol. The molecule has 2 heteroatoms. The number of rotatable bonds is 1. The van der Waals surface area contributed by atoms with E-state index in [1.165, 1.54) is 16.7 Å². The second-order valence-corrected chi connectivity index (χ2v) is 5.46. The number of ketones is 1. The van der Waals surface area contributed by atoms with Crippen molar-refractivity contribution < 1.29 is 9.53 Å². The third-order valence-corrected chi connectivity index (χ3v) is 4.66. The van der Waals surface area contributed by atoms with Crippen molar-refractivity contribution in [1.82, 2.24) is 0 Å². The van der Waals surface area contributed by atoms with E-state index in [0.29, 0.717) is 11.3 Å². The van der Waals surface area contributed by atoms with Crippen LogP contribution in [0.4, 0.5) is 0 Å². The molecule has 0 fully saturated rings. The summed E-state index contributed by atoms with van der Waals surface area (Å²) in [5, 5.41) is 0. The zero-order chi connectivity index (χ0) is 14.6. The number of ether oxygens (including phenoxy) is 1. The van der Waals surface area contributed by atoms with E-state index in [4.69, 9.17) is 4.74 Å². The van der Waals surface area contributed by atoms with Crippen molar-refractivity contribution in [3.05, 3.63) is 51.6 Å². The van der Waals surface area contributed by atoms with Gasteiger partial charge in [0.15, 0.2) is 5.78 Å². The molecule has 0 bridgehead atoms. The van der Waals surface area contributed by atoms with Gasteiger partial charge in [0.1, 0.15) is 5.75 Å². The fourth-order valence-electron chi connectivity index (χ4n) is 3.20. The van der Waals surface area contributed by atoms with Crippen LogP contribution in [0, 0.1) is 27.7 Å². The highest BCUT2D eigenvalue weighted by atomic mass is 16.5. The van der Waals surface area contributed by atoms with Crippen molar-refractivity contribution in [2.45, 2.75) is 27.7 Å². The van der Waals surface area contributed by atoms with Gasteiger partial charge in [-0.05, 0) is 67.1 Å². The molecule has 0 aliphatic heterocycles. The lowest BCUT2D eigenvalue weighted by molar-refractivity contribution is 0.104. The molecule has 0 N–H and O–H groups in total. The van der Waals surface area contributed by atoms with Gasteiger partial charge in [-0.15, -0.1) is 0 Å². The number of benzene rings is 2. The van der Waals surface area contributed by atoms with Gasteiger partial charge < -0.3 is 4.74 Å². The molecule has 0 radical (unpaired) electrons. The Bertz CT molecular complexity index is 755. The van der Waals surface area contributed by atoms with Crippen molar-refractivity contribution >= 4 is 5.78 Å². The fraction of sp³-hybridized carbons (Fsp3) is 0.278. The normalized spacial score (nSPS) is 12.3. The maximum atomic E-state index is 12.8. The van der Waals surface area contributed by atoms with Gasteiger partial charge in [-0.3, -0.25) is 4.79 Å². The van der Waals surface area contributed by atoms with Crippen LogP contribution in [-0.2, 0) is 0 Å². The van der Waals surface area contributed by atoms with Crippen molar-refractivity contribution in [2.75, 3.05) is 7.11 Å². The molecule has 102 valence electrons. The summed E-state index contributed by atoms with van der Waals surface area (Å²) in [4.78, 5) is 12.8. The molecule has 1 aliphatic carbocycles. The Morgan fingerprint density at radius 2 is 1.40 bits per heavy atom.